The summed E-state index contributed by atoms with van der Waals surface area (Å²) in [4.78, 5) is 11.0. The van der Waals surface area contributed by atoms with Crippen molar-refractivity contribution in [1.29, 1.82) is 0 Å². The SMILES string of the molecule is O=C(O)C1CCCC1NS(=O)(=O)C=Cc1ccccc1. The first-order valence-electron chi connectivity index (χ1n) is 6.46. The van der Waals surface area contributed by atoms with Gasteiger partial charge in [-0.1, -0.05) is 36.8 Å². The van der Waals surface area contributed by atoms with Crippen LogP contribution in [0.15, 0.2) is 35.7 Å². The van der Waals surface area contributed by atoms with Crippen molar-refractivity contribution in [2.75, 3.05) is 0 Å². The van der Waals surface area contributed by atoms with E-state index in [1.807, 2.05) is 18.2 Å². The van der Waals surface area contributed by atoms with Crippen LogP contribution in [0.25, 0.3) is 6.08 Å². The Kier molecular flexibility index (Phi) is 4.57. The van der Waals surface area contributed by atoms with Gasteiger partial charge >= 0.3 is 5.97 Å². The summed E-state index contributed by atoms with van der Waals surface area (Å²) in [6.45, 7) is 0. The largest absolute Gasteiger partial charge is 0.481 e. The molecule has 5 nitrogen and oxygen atoms in total. The summed E-state index contributed by atoms with van der Waals surface area (Å²) >= 11 is 0. The lowest BCUT2D eigenvalue weighted by Crippen LogP contribution is -2.39. The van der Waals surface area contributed by atoms with E-state index in [0.717, 1.165) is 17.4 Å². The number of benzene rings is 1. The molecule has 0 heterocycles. The first-order valence-corrected chi connectivity index (χ1v) is 8.01. The number of aliphatic carboxylic acids is 1. The lowest BCUT2D eigenvalue weighted by atomic mass is 10.1. The minimum Gasteiger partial charge on any atom is -0.481 e. The van der Waals surface area contributed by atoms with Crippen molar-refractivity contribution in [1.82, 2.24) is 4.72 Å². The Bertz CT molecular complexity index is 595. The van der Waals surface area contributed by atoms with Crippen LogP contribution in [-0.2, 0) is 14.8 Å². The highest BCUT2D eigenvalue weighted by atomic mass is 32.2. The summed E-state index contributed by atoms with van der Waals surface area (Å²) in [5.41, 5.74) is 0.777. The third kappa shape index (κ3) is 3.91. The highest BCUT2D eigenvalue weighted by molar-refractivity contribution is 7.92. The molecule has 0 aliphatic heterocycles. The van der Waals surface area contributed by atoms with Crippen molar-refractivity contribution in [3.8, 4) is 0 Å². The summed E-state index contributed by atoms with van der Waals surface area (Å²) in [5, 5.41) is 10.1. The zero-order valence-electron chi connectivity index (χ0n) is 10.9. The Labute approximate surface area is 118 Å². The molecule has 2 unspecified atom stereocenters. The smallest absolute Gasteiger partial charge is 0.308 e. The number of hydrogen-bond acceptors (Lipinski definition) is 3. The van der Waals surface area contributed by atoms with Crippen LogP contribution in [-0.4, -0.2) is 25.5 Å². The van der Waals surface area contributed by atoms with Gasteiger partial charge in [0.25, 0.3) is 0 Å². The van der Waals surface area contributed by atoms with E-state index in [9.17, 15) is 13.2 Å². The Morgan fingerprint density at radius 2 is 1.95 bits per heavy atom. The average Bonchev–Trinajstić information content (AvgIpc) is 2.85. The molecule has 1 aromatic carbocycles. The molecule has 0 bridgehead atoms. The fourth-order valence-corrected chi connectivity index (χ4v) is 3.50. The number of carbonyl (C=O) groups is 1. The van der Waals surface area contributed by atoms with Crippen LogP contribution in [0.4, 0.5) is 0 Å². The molecule has 2 N–H and O–H groups in total. The molecule has 0 radical (unpaired) electrons. The minimum absolute atomic E-state index is 0.516. The second kappa shape index (κ2) is 6.19. The third-order valence-electron chi connectivity index (χ3n) is 3.39. The number of hydrogen-bond donors (Lipinski definition) is 2. The molecule has 0 aromatic heterocycles. The van der Waals surface area contributed by atoms with E-state index in [4.69, 9.17) is 5.11 Å². The third-order valence-corrected chi connectivity index (χ3v) is 4.51. The van der Waals surface area contributed by atoms with E-state index in [1.54, 1.807) is 12.1 Å². The van der Waals surface area contributed by atoms with Gasteiger partial charge in [-0.05, 0) is 24.5 Å². The zero-order valence-corrected chi connectivity index (χ0v) is 11.7. The van der Waals surface area contributed by atoms with E-state index in [1.165, 1.54) is 6.08 Å². The summed E-state index contributed by atoms with van der Waals surface area (Å²) in [6.07, 6.45) is 3.31. The molecular weight excluding hydrogens is 278 g/mol. The summed E-state index contributed by atoms with van der Waals surface area (Å²) in [5.74, 6) is -1.57. The van der Waals surface area contributed by atoms with E-state index in [2.05, 4.69) is 4.72 Å². The van der Waals surface area contributed by atoms with E-state index in [0.29, 0.717) is 12.8 Å². The maximum absolute atomic E-state index is 11.9. The van der Waals surface area contributed by atoms with Gasteiger partial charge in [-0.2, -0.15) is 0 Å². The van der Waals surface area contributed by atoms with Crippen molar-refractivity contribution in [2.24, 2.45) is 5.92 Å². The van der Waals surface area contributed by atoms with Gasteiger partial charge in [-0.25, -0.2) is 13.1 Å². The second-order valence-electron chi connectivity index (χ2n) is 4.86. The maximum atomic E-state index is 11.9. The fourth-order valence-electron chi connectivity index (χ4n) is 2.38. The molecular formula is C14H17NO4S. The Morgan fingerprint density at radius 3 is 2.60 bits per heavy atom. The summed E-state index contributed by atoms with van der Waals surface area (Å²) < 4.78 is 26.3. The summed E-state index contributed by atoms with van der Waals surface area (Å²) in [6, 6.07) is 8.55. The molecule has 2 atom stereocenters. The molecule has 1 aliphatic rings. The zero-order chi connectivity index (χ0) is 14.6. The van der Waals surface area contributed by atoms with Crippen LogP contribution in [0, 0.1) is 5.92 Å². The highest BCUT2D eigenvalue weighted by Gasteiger charge is 2.34. The Morgan fingerprint density at radius 1 is 1.25 bits per heavy atom. The minimum atomic E-state index is -3.62. The number of rotatable bonds is 5. The first kappa shape index (κ1) is 14.7. The lowest BCUT2D eigenvalue weighted by molar-refractivity contribution is -0.141. The maximum Gasteiger partial charge on any atom is 0.308 e. The number of sulfonamides is 1. The number of nitrogens with one attached hydrogen (secondary N) is 1. The van der Waals surface area contributed by atoms with Crippen LogP contribution in [0.5, 0.6) is 0 Å². The molecule has 6 heteroatoms. The van der Waals surface area contributed by atoms with Gasteiger partial charge in [0.2, 0.25) is 10.0 Å². The molecule has 108 valence electrons. The average molecular weight is 295 g/mol. The molecule has 1 saturated carbocycles. The molecule has 20 heavy (non-hydrogen) atoms. The highest BCUT2D eigenvalue weighted by Crippen LogP contribution is 2.26. The van der Waals surface area contributed by atoms with E-state index < -0.39 is 28.0 Å². The number of carboxylic acid groups (broad SMARTS) is 1. The van der Waals surface area contributed by atoms with Crippen molar-refractivity contribution in [3.63, 3.8) is 0 Å². The van der Waals surface area contributed by atoms with Crippen LogP contribution in [0.3, 0.4) is 0 Å². The van der Waals surface area contributed by atoms with Crippen molar-refractivity contribution >= 4 is 22.1 Å². The van der Waals surface area contributed by atoms with Crippen LogP contribution >= 0.6 is 0 Å². The van der Waals surface area contributed by atoms with Crippen molar-refractivity contribution < 1.29 is 18.3 Å². The Hall–Kier alpha value is -1.66. The van der Waals surface area contributed by atoms with Crippen LogP contribution in [0.1, 0.15) is 24.8 Å². The van der Waals surface area contributed by atoms with Gasteiger partial charge in [0.1, 0.15) is 0 Å². The van der Waals surface area contributed by atoms with E-state index >= 15 is 0 Å². The van der Waals surface area contributed by atoms with Gasteiger partial charge in [-0.15, -0.1) is 0 Å². The Balaban J connectivity index is 2.04. The number of carboxylic acids is 1. The van der Waals surface area contributed by atoms with Crippen LogP contribution in [0.2, 0.25) is 0 Å². The summed E-state index contributed by atoms with van der Waals surface area (Å²) in [7, 11) is -3.62. The molecule has 0 spiro atoms. The first-order chi connectivity index (χ1) is 9.48. The lowest BCUT2D eigenvalue weighted by Gasteiger charge is -2.15. The molecule has 1 aliphatic carbocycles. The monoisotopic (exact) mass is 295 g/mol. The van der Waals surface area contributed by atoms with Crippen LogP contribution < -0.4 is 4.72 Å². The van der Waals surface area contributed by atoms with Gasteiger partial charge in [0.05, 0.1) is 5.92 Å². The van der Waals surface area contributed by atoms with Gasteiger partial charge in [-0.3, -0.25) is 4.79 Å². The quantitative estimate of drug-likeness (QED) is 0.868. The molecule has 0 saturated heterocycles. The molecule has 2 rings (SSSR count). The normalized spacial score (nSPS) is 23.2. The topological polar surface area (TPSA) is 83.5 Å². The fraction of sp³-hybridized carbons (Fsp3) is 0.357. The van der Waals surface area contributed by atoms with Gasteiger partial charge in [0, 0.05) is 11.4 Å². The standard InChI is InChI=1S/C14H17NO4S/c16-14(17)12-7-4-8-13(12)15-20(18,19)10-9-11-5-2-1-3-6-11/h1-3,5-6,9-10,12-13,15H,4,7-8H2,(H,16,17). The van der Waals surface area contributed by atoms with Gasteiger partial charge < -0.3 is 5.11 Å². The predicted octanol–water partition coefficient (Wildman–Crippen LogP) is 1.83. The van der Waals surface area contributed by atoms with Crippen molar-refractivity contribution in [2.45, 2.75) is 25.3 Å². The van der Waals surface area contributed by atoms with Crippen molar-refractivity contribution in [3.05, 3.63) is 41.3 Å². The molecule has 1 aromatic rings. The molecule has 0 amide bonds. The predicted molar refractivity (Wildman–Crippen MR) is 76.3 cm³/mol. The van der Waals surface area contributed by atoms with E-state index in [-0.39, 0.29) is 0 Å². The molecule has 1 fully saturated rings. The second-order valence-corrected chi connectivity index (χ2v) is 6.46. The van der Waals surface area contributed by atoms with Gasteiger partial charge in [0.15, 0.2) is 0 Å².